The number of nitrogens with zero attached hydrogens (tertiary/aromatic N) is 2. The maximum absolute atomic E-state index is 11.9. The van der Waals surface area contributed by atoms with Gasteiger partial charge in [0, 0.05) is 28.9 Å². The van der Waals surface area contributed by atoms with Gasteiger partial charge in [-0.05, 0) is 51.0 Å². The monoisotopic (exact) mass is 414 g/mol. The van der Waals surface area contributed by atoms with Crippen molar-refractivity contribution in [2.75, 3.05) is 4.90 Å². The van der Waals surface area contributed by atoms with Crippen molar-refractivity contribution in [2.45, 2.75) is 38.4 Å². The van der Waals surface area contributed by atoms with Crippen LogP contribution in [-0.4, -0.2) is 34.3 Å². The molecule has 0 saturated heterocycles. The molecule has 6 heteroatoms. The van der Waals surface area contributed by atoms with E-state index in [1.54, 1.807) is 24.3 Å². The van der Waals surface area contributed by atoms with E-state index in [1.807, 2.05) is 24.3 Å². The number of fused-ring (bicyclic) bond motifs is 2. The van der Waals surface area contributed by atoms with Gasteiger partial charge in [0.25, 0.3) is 11.8 Å². The second-order valence-electron chi connectivity index (χ2n) is 8.52. The predicted octanol–water partition coefficient (Wildman–Crippen LogP) is 3.91. The number of amides is 2. The number of carbonyl (C=O) groups is 2. The van der Waals surface area contributed by atoms with Gasteiger partial charge in [-0.15, -0.1) is 0 Å². The molecule has 0 fully saturated rings. The number of hydrogen-bond acceptors (Lipinski definition) is 5. The summed E-state index contributed by atoms with van der Waals surface area (Å²) in [7, 11) is 0. The minimum Gasteiger partial charge on any atom is -0.487 e. The van der Waals surface area contributed by atoms with Gasteiger partial charge in [0.15, 0.2) is 0 Å². The Bertz CT molecular complexity index is 1170. The number of aliphatic hydroxyl groups excluding tert-OH is 1. The van der Waals surface area contributed by atoms with Crippen LogP contribution in [0.3, 0.4) is 0 Å². The molecule has 1 unspecified atom stereocenters. The van der Waals surface area contributed by atoms with Crippen molar-refractivity contribution >= 4 is 34.7 Å². The van der Waals surface area contributed by atoms with Gasteiger partial charge in [-0.25, -0.2) is 9.89 Å². The third-order valence-corrected chi connectivity index (χ3v) is 5.87. The van der Waals surface area contributed by atoms with Crippen LogP contribution in [-0.2, 0) is 14.3 Å². The lowest BCUT2D eigenvalue weighted by atomic mass is 9.81. The van der Waals surface area contributed by atoms with Crippen LogP contribution >= 0.6 is 0 Å². The van der Waals surface area contributed by atoms with Gasteiger partial charge < -0.3 is 9.84 Å². The quantitative estimate of drug-likeness (QED) is 0.756. The van der Waals surface area contributed by atoms with E-state index in [-0.39, 0.29) is 17.4 Å². The number of hydrogen-bond donors (Lipinski definition) is 1. The molecule has 1 aliphatic carbocycles. The lowest BCUT2D eigenvalue weighted by Crippen LogP contribution is -2.37. The second-order valence-corrected chi connectivity index (χ2v) is 8.52. The van der Waals surface area contributed by atoms with Gasteiger partial charge in [-0.1, -0.05) is 24.3 Å². The van der Waals surface area contributed by atoms with Gasteiger partial charge >= 0.3 is 0 Å². The summed E-state index contributed by atoms with van der Waals surface area (Å²) in [6.07, 6.45) is 3.21. The van der Waals surface area contributed by atoms with Gasteiger partial charge in [0.2, 0.25) is 0 Å². The first-order chi connectivity index (χ1) is 14.8. The van der Waals surface area contributed by atoms with Crippen LogP contribution in [0.15, 0.2) is 71.2 Å². The Morgan fingerprint density at radius 3 is 2.32 bits per heavy atom. The Balaban J connectivity index is 1.53. The van der Waals surface area contributed by atoms with Crippen molar-refractivity contribution in [1.29, 1.82) is 0 Å². The summed E-state index contributed by atoms with van der Waals surface area (Å²) in [4.78, 5) is 29.6. The number of aliphatic imine (C=N–C) groups is 1. The summed E-state index contributed by atoms with van der Waals surface area (Å²) in [5.74, 6) is 0.0352. The molecule has 2 amide bonds. The number of carbonyl (C=O) groups excluding carboxylic acids is 2. The zero-order chi connectivity index (χ0) is 21.8. The van der Waals surface area contributed by atoms with Crippen LogP contribution in [0.1, 0.15) is 37.8 Å². The molecular formula is C25H22N2O4. The maximum Gasteiger partial charge on any atom is 0.258 e. The molecule has 2 aromatic carbocycles. The molecule has 2 aromatic rings. The zero-order valence-electron chi connectivity index (χ0n) is 17.3. The smallest absolute Gasteiger partial charge is 0.258 e. The Morgan fingerprint density at radius 1 is 1.00 bits per heavy atom. The largest absolute Gasteiger partial charge is 0.487 e. The van der Waals surface area contributed by atoms with Gasteiger partial charge in [0.1, 0.15) is 17.5 Å². The average molecular weight is 414 g/mol. The van der Waals surface area contributed by atoms with E-state index in [0.717, 1.165) is 40.2 Å². The third-order valence-electron chi connectivity index (χ3n) is 5.87. The van der Waals surface area contributed by atoms with E-state index >= 15 is 0 Å². The molecule has 5 rings (SSSR count). The summed E-state index contributed by atoms with van der Waals surface area (Å²) in [6, 6.07) is 14.6. The van der Waals surface area contributed by atoms with Crippen molar-refractivity contribution in [3.8, 4) is 0 Å². The Labute approximate surface area is 180 Å². The van der Waals surface area contributed by atoms with Crippen LogP contribution in [0.25, 0.3) is 5.76 Å². The van der Waals surface area contributed by atoms with E-state index in [9.17, 15) is 14.7 Å². The molecule has 2 aliphatic heterocycles. The molecule has 0 spiro atoms. The highest BCUT2D eigenvalue weighted by molar-refractivity contribution is 6.28. The SMILES string of the molecule is CC1(C)CCC2=C(O1)c1ccccc1C(=Nc1ccc(N3C(=O)C=CC3=O)cc1)C2O. The normalized spacial score (nSPS) is 23.1. The molecule has 2 heterocycles. The fourth-order valence-corrected chi connectivity index (χ4v) is 4.24. The van der Waals surface area contributed by atoms with Crippen LogP contribution in [0.4, 0.5) is 11.4 Å². The van der Waals surface area contributed by atoms with Crippen molar-refractivity contribution in [2.24, 2.45) is 4.99 Å². The molecule has 1 atom stereocenters. The van der Waals surface area contributed by atoms with E-state index in [1.165, 1.54) is 12.2 Å². The molecule has 3 aliphatic rings. The molecular weight excluding hydrogens is 392 g/mol. The summed E-state index contributed by atoms with van der Waals surface area (Å²) in [5, 5.41) is 11.2. The summed E-state index contributed by atoms with van der Waals surface area (Å²) in [5.41, 5.74) is 4.03. The van der Waals surface area contributed by atoms with Gasteiger partial charge in [-0.2, -0.15) is 0 Å². The zero-order valence-corrected chi connectivity index (χ0v) is 17.3. The van der Waals surface area contributed by atoms with Crippen LogP contribution < -0.4 is 4.90 Å². The van der Waals surface area contributed by atoms with Gasteiger partial charge in [-0.3, -0.25) is 9.59 Å². The Hall–Kier alpha value is -3.51. The van der Waals surface area contributed by atoms with E-state index < -0.39 is 6.10 Å². The van der Waals surface area contributed by atoms with Crippen LogP contribution in [0.5, 0.6) is 0 Å². The van der Waals surface area contributed by atoms with Crippen molar-refractivity contribution in [1.82, 2.24) is 0 Å². The van der Waals surface area contributed by atoms with Gasteiger partial charge in [0.05, 0.1) is 17.1 Å². The lowest BCUT2D eigenvalue weighted by Gasteiger charge is -2.39. The first kappa shape index (κ1) is 19.5. The maximum atomic E-state index is 11.9. The van der Waals surface area contributed by atoms with Crippen molar-refractivity contribution in [3.63, 3.8) is 0 Å². The molecule has 0 aromatic heterocycles. The number of ether oxygens (including phenoxy) is 1. The first-order valence-electron chi connectivity index (χ1n) is 10.3. The summed E-state index contributed by atoms with van der Waals surface area (Å²) in [6.45, 7) is 4.12. The highest BCUT2D eigenvalue weighted by atomic mass is 16.5. The topological polar surface area (TPSA) is 79.2 Å². The van der Waals surface area contributed by atoms with E-state index in [0.29, 0.717) is 17.1 Å². The minimum atomic E-state index is -0.855. The number of benzene rings is 2. The fraction of sp³-hybridized carbons (Fsp3) is 0.240. The van der Waals surface area contributed by atoms with Crippen molar-refractivity contribution < 1.29 is 19.4 Å². The first-order valence-corrected chi connectivity index (χ1v) is 10.3. The van der Waals surface area contributed by atoms with E-state index in [4.69, 9.17) is 9.73 Å². The molecule has 156 valence electrons. The molecule has 0 saturated carbocycles. The third kappa shape index (κ3) is 3.29. The lowest BCUT2D eigenvalue weighted by molar-refractivity contribution is -0.119. The molecule has 0 radical (unpaired) electrons. The minimum absolute atomic E-state index is 0.282. The van der Waals surface area contributed by atoms with Crippen LogP contribution in [0.2, 0.25) is 0 Å². The summed E-state index contributed by atoms with van der Waals surface area (Å²) < 4.78 is 6.26. The highest BCUT2D eigenvalue weighted by Crippen LogP contribution is 2.43. The van der Waals surface area contributed by atoms with Crippen molar-refractivity contribution in [3.05, 3.63) is 77.4 Å². The predicted molar refractivity (Wildman–Crippen MR) is 118 cm³/mol. The van der Waals surface area contributed by atoms with E-state index in [2.05, 4.69) is 13.8 Å². The fourth-order valence-electron chi connectivity index (χ4n) is 4.24. The molecule has 0 bridgehead atoms. The Morgan fingerprint density at radius 2 is 1.65 bits per heavy atom. The molecule has 1 N–H and O–H groups in total. The number of imide groups is 1. The summed E-state index contributed by atoms with van der Waals surface area (Å²) >= 11 is 0. The average Bonchev–Trinajstić information content (AvgIpc) is 3.09. The highest BCUT2D eigenvalue weighted by Gasteiger charge is 2.38. The number of anilines is 1. The molecule has 31 heavy (non-hydrogen) atoms. The Kier molecular flexibility index (Phi) is 4.41. The number of aliphatic hydroxyl groups is 1. The molecule has 6 nitrogen and oxygen atoms in total. The van der Waals surface area contributed by atoms with Crippen LogP contribution in [0, 0.1) is 0 Å². The second kappa shape index (κ2) is 7.03. The number of rotatable bonds is 2. The standard InChI is InChI=1S/C25H22N2O4/c1-25(2)14-13-19-23(30)22(17-5-3-4-6-18(17)24(19)31-25)26-15-7-9-16(10-8-15)27-20(28)11-12-21(27)29/h3-12,23,30H,13-14H2,1-2H3.